The van der Waals surface area contributed by atoms with Gasteiger partial charge in [0.2, 0.25) is 0 Å². The first kappa shape index (κ1) is 10.5. The highest BCUT2D eigenvalue weighted by molar-refractivity contribution is 5.92. The van der Waals surface area contributed by atoms with Gasteiger partial charge in [0, 0.05) is 6.07 Å². The number of hydrogen-bond donors (Lipinski definition) is 0. The maximum absolute atomic E-state index is 12.9. The Hall–Kier alpha value is -1.98. The smallest absolute Gasteiger partial charge is 0.415 e. The van der Waals surface area contributed by atoms with Gasteiger partial charge < -0.3 is 4.74 Å². The summed E-state index contributed by atoms with van der Waals surface area (Å²) >= 11 is 0. The molecule has 1 amide bonds. The van der Waals surface area contributed by atoms with E-state index in [-0.39, 0.29) is 12.2 Å². The first-order valence-electron chi connectivity index (χ1n) is 4.50. The number of hydrogen-bond acceptors (Lipinski definition) is 3. The van der Waals surface area contributed by atoms with Crippen LogP contribution in [-0.2, 0) is 9.53 Å². The first-order valence-corrected chi connectivity index (χ1v) is 4.50. The summed E-state index contributed by atoms with van der Waals surface area (Å²) in [5.74, 6) is -2.05. The van der Waals surface area contributed by atoms with Gasteiger partial charge in [-0.25, -0.2) is 13.6 Å². The lowest BCUT2D eigenvalue weighted by atomic mass is 10.2. The Morgan fingerprint density at radius 2 is 2.12 bits per heavy atom. The fraction of sp³-hybridized carbons (Fsp3) is 0.200. The van der Waals surface area contributed by atoms with E-state index in [4.69, 9.17) is 0 Å². The highest BCUT2D eigenvalue weighted by Gasteiger charge is 2.32. The molecule has 0 aliphatic carbocycles. The van der Waals surface area contributed by atoms with Crippen LogP contribution in [0.3, 0.4) is 0 Å². The molecule has 1 aliphatic heterocycles. The predicted molar refractivity (Wildman–Crippen MR) is 50.0 cm³/mol. The van der Waals surface area contributed by atoms with E-state index in [9.17, 15) is 18.4 Å². The van der Waals surface area contributed by atoms with Crippen LogP contribution < -0.4 is 4.90 Å². The number of benzene rings is 1. The topological polar surface area (TPSA) is 46.6 Å². The number of amides is 1. The SMILES string of the molecule is O=CC1CN(c2ccc(F)c(F)c2)C(=O)O1. The van der Waals surface area contributed by atoms with Crippen LogP contribution in [0.4, 0.5) is 19.3 Å². The van der Waals surface area contributed by atoms with Gasteiger partial charge in [-0.05, 0) is 12.1 Å². The summed E-state index contributed by atoms with van der Waals surface area (Å²) in [5, 5.41) is 0. The summed E-state index contributed by atoms with van der Waals surface area (Å²) in [6, 6.07) is 3.03. The number of rotatable bonds is 2. The van der Waals surface area contributed by atoms with Crippen LogP contribution in [0, 0.1) is 11.6 Å². The van der Waals surface area contributed by atoms with Crippen molar-refractivity contribution in [3.63, 3.8) is 0 Å². The van der Waals surface area contributed by atoms with Crippen molar-refractivity contribution < 1.29 is 23.1 Å². The molecule has 1 aromatic carbocycles. The maximum Gasteiger partial charge on any atom is 0.415 e. The molecule has 1 fully saturated rings. The molecule has 0 bridgehead atoms. The van der Waals surface area contributed by atoms with Crippen LogP contribution >= 0.6 is 0 Å². The molecule has 1 unspecified atom stereocenters. The van der Waals surface area contributed by atoms with Crippen molar-refractivity contribution in [2.45, 2.75) is 6.10 Å². The summed E-state index contributed by atoms with van der Waals surface area (Å²) in [6.07, 6.45) is -1.12. The van der Waals surface area contributed by atoms with E-state index in [1.54, 1.807) is 0 Å². The van der Waals surface area contributed by atoms with Crippen molar-refractivity contribution in [2.24, 2.45) is 0 Å². The van der Waals surface area contributed by atoms with Crippen LogP contribution in [-0.4, -0.2) is 25.0 Å². The molecule has 0 spiro atoms. The molecule has 84 valence electrons. The average Bonchev–Trinajstić information content (AvgIpc) is 2.64. The molecule has 0 radical (unpaired) electrons. The van der Waals surface area contributed by atoms with Crippen molar-refractivity contribution in [1.82, 2.24) is 0 Å². The third-order valence-corrected chi connectivity index (χ3v) is 2.20. The second kappa shape index (κ2) is 3.88. The highest BCUT2D eigenvalue weighted by atomic mass is 19.2. The quantitative estimate of drug-likeness (QED) is 0.719. The summed E-state index contributed by atoms with van der Waals surface area (Å²) in [5.41, 5.74) is 0.160. The largest absolute Gasteiger partial charge is 0.436 e. The Labute approximate surface area is 89.4 Å². The Morgan fingerprint density at radius 1 is 1.38 bits per heavy atom. The lowest BCUT2D eigenvalue weighted by Gasteiger charge is -2.12. The minimum Gasteiger partial charge on any atom is -0.436 e. The molecule has 0 N–H and O–H groups in total. The van der Waals surface area contributed by atoms with Crippen molar-refractivity contribution in [3.8, 4) is 0 Å². The van der Waals surface area contributed by atoms with Gasteiger partial charge in [0.1, 0.15) is 0 Å². The van der Waals surface area contributed by atoms with E-state index >= 15 is 0 Å². The van der Waals surface area contributed by atoms with E-state index in [1.807, 2.05) is 0 Å². The van der Waals surface area contributed by atoms with E-state index in [0.29, 0.717) is 6.29 Å². The van der Waals surface area contributed by atoms with E-state index in [2.05, 4.69) is 4.74 Å². The van der Waals surface area contributed by atoms with Crippen LogP contribution in [0.5, 0.6) is 0 Å². The Morgan fingerprint density at radius 3 is 2.69 bits per heavy atom. The van der Waals surface area contributed by atoms with Crippen LogP contribution in [0.1, 0.15) is 0 Å². The van der Waals surface area contributed by atoms with Crippen LogP contribution in [0.15, 0.2) is 18.2 Å². The Bertz CT molecular complexity index is 450. The van der Waals surface area contributed by atoms with Gasteiger partial charge in [0.05, 0.1) is 12.2 Å². The molecular weight excluding hydrogens is 220 g/mol. The molecule has 1 atom stereocenters. The summed E-state index contributed by atoms with van der Waals surface area (Å²) < 4.78 is 30.2. The minimum absolute atomic E-state index is 0.00735. The Balaban J connectivity index is 2.27. The molecule has 0 saturated carbocycles. The molecule has 0 aromatic heterocycles. The van der Waals surface area contributed by atoms with Gasteiger partial charge >= 0.3 is 6.09 Å². The molecule has 2 rings (SSSR count). The van der Waals surface area contributed by atoms with E-state index in [0.717, 1.165) is 17.0 Å². The number of carbonyl (C=O) groups is 2. The van der Waals surface area contributed by atoms with Gasteiger partial charge in [-0.3, -0.25) is 9.69 Å². The predicted octanol–water partition coefficient (Wildman–Crippen LogP) is 1.49. The van der Waals surface area contributed by atoms with Gasteiger partial charge in [0.25, 0.3) is 0 Å². The van der Waals surface area contributed by atoms with Crippen molar-refractivity contribution in [3.05, 3.63) is 29.8 Å². The summed E-state index contributed by atoms with van der Waals surface area (Å²) in [6.45, 7) is 0.00735. The number of nitrogens with zero attached hydrogens (tertiary/aromatic N) is 1. The second-order valence-electron chi connectivity index (χ2n) is 3.27. The van der Waals surface area contributed by atoms with E-state index < -0.39 is 23.8 Å². The van der Waals surface area contributed by atoms with Gasteiger partial charge in [-0.2, -0.15) is 0 Å². The second-order valence-corrected chi connectivity index (χ2v) is 3.27. The molecule has 1 saturated heterocycles. The van der Waals surface area contributed by atoms with E-state index in [1.165, 1.54) is 6.07 Å². The fourth-order valence-electron chi connectivity index (χ4n) is 1.42. The van der Waals surface area contributed by atoms with Gasteiger partial charge in [-0.15, -0.1) is 0 Å². The molecular formula is C10H7F2NO3. The number of anilines is 1. The van der Waals surface area contributed by atoms with Gasteiger partial charge in [0.15, 0.2) is 24.0 Å². The number of carbonyl (C=O) groups excluding carboxylic acids is 2. The summed E-state index contributed by atoms with van der Waals surface area (Å²) in [4.78, 5) is 22.8. The molecule has 16 heavy (non-hydrogen) atoms. The molecule has 4 nitrogen and oxygen atoms in total. The number of ether oxygens (including phenoxy) is 1. The third kappa shape index (κ3) is 1.73. The zero-order valence-electron chi connectivity index (χ0n) is 8.02. The molecule has 1 heterocycles. The van der Waals surface area contributed by atoms with Gasteiger partial charge in [-0.1, -0.05) is 0 Å². The maximum atomic E-state index is 12.9. The lowest BCUT2D eigenvalue weighted by Crippen LogP contribution is -2.24. The van der Waals surface area contributed by atoms with Crippen molar-refractivity contribution in [2.75, 3.05) is 11.4 Å². The first-order chi connectivity index (χ1) is 7.61. The number of aldehydes is 1. The molecule has 6 heteroatoms. The Kier molecular flexibility index (Phi) is 2.55. The highest BCUT2D eigenvalue weighted by Crippen LogP contribution is 2.22. The normalized spacial score (nSPS) is 19.8. The zero-order valence-corrected chi connectivity index (χ0v) is 8.02. The summed E-state index contributed by atoms with van der Waals surface area (Å²) in [7, 11) is 0. The zero-order chi connectivity index (χ0) is 11.7. The number of halogens is 2. The molecule has 1 aliphatic rings. The lowest BCUT2D eigenvalue weighted by molar-refractivity contribution is -0.113. The molecule has 1 aromatic rings. The minimum atomic E-state index is -1.06. The number of cyclic esters (lactones) is 1. The van der Waals surface area contributed by atoms with Crippen molar-refractivity contribution >= 4 is 18.1 Å². The van der Waals surface area contributed by atoms with Crippen LogP contribution in [0.25, 0.3) is 0 Å². The standard InChI is InChI=1S/C10H7F2NO3/c11-8-2-1-6(3-9(8)12)13-4-7(5-14)16-10(13)15/h1-3,5,7H,4H2. The third-order valence-electron chi connectivity index (χ3n) is 2.20. The fourth-order valence-corrected chi connectivity index (χ4v) is 1.42. The monoisotopic (exact) mass is 227 g/mol. The average molecular weight is 227 g/mol. The van der Waals surface area contributed by atoms with Crippen molar-refractivity contribution in [1.29, 1.82) is 0 Å². The van der Waals surface area contributed by atoms with Crippen LogP contribution in [0.2, 0.25) is 0 Å².